The Morgan fingerprint density at radius 2 is 2.00 bits per heavy atom. The van der Waals surface area contributed by atoms with E-state index in [2.05, 4.69) is 15.8 Å². The molecule has 0 radical (unpaired) electrons. The molecule has 1 atom stereocenters. The van der Waals surface area contributed by atoms with Gasteiger partial charge in [0.2, 0.25) is 0 Å². The standard InChI is InChI=1S/C3H5ClF3O2P/c1-2-9-10(4,8)3(5,6)7/h2H2,1H3. The van der Waals surface area contributed by atoms with Gasteiger partial charge in [0.1, 0.15) is 0 Å². The number of hydrogen-bond donors (Lipinski definition) is 0. The van der Waals surface area contributed by atoms with Crippen LogP contribution in [0.4, 0.5) is 13.2 Å². The quantitative estimate of drug-likeness (QED) is 0.635. The van der Waals surface area contributed by atoms with Gasteiger partial charge in [-0.05, 0) is 18.2 Å². The molecule has 0 spiro atoms. The molecule has 0 aromatic rings. The first-order valence-corrected chi connectivity index (χ1v) is 4.85. The highest BCUT2D eigenvalue weighted by Crippen LogP contribution is 2.65. The predicted octanol–water partition coefficient (Wildman–Crippen LogP) is 2.97. The van der Waals surface area contributed by atoms with Gasteiger partial charge in [0.05, 0.1) is 6.61 Å². The second-order valence-electron chi connectivity index (χ2n) is 1.37. The molecule has 62 valence electrons. The van der Waals surface area contributed by atoms with E-state index in [4.69, 9.17) is 0 Å². The normalized spacial score (nSPS) is 18.5. The average molecular weight is 196 g/mol. The van der Waals surface area contributed by atoms with Gasteiger partial charge in [0.25, 0.3) is 0 Å². The van der Waals surface area contributed by atoms with Gasteiger partial charge >= 0.3 is 12.6 Å². The van der Waals surface area contributed by atoms with Crippen molar-refractivity contribution < 1.29 is 22.3 Å². The van der Waals surface area contributed by atoms with Crippen LogP contribution in [0.1, 0.15) is 6.92 Å². The summed E-state index contributed by atoms with van der Waals surface area (Å²) in [6.07, 6.45) is 0. The number of hydrogen-bond acceptors (Lipinski definition) is 2. The Hall–Kier alpha value is 0.270. The molecule has 2 nitrogen and oxygen atoms in total. The highest BCUT2D eigenvalue weighted by atomic mass is 35.7. The Balaban J connectivity index is 4.26. The minimum Gasteiger partial charge on any atom is -0.312 e. The minimum atomic E-state index is -4.95. The van der Waals surface area contributed by atoms with E-state index in [0.29, 0.717) is 0 Å². The highest BCUT2D eigenvalue weighted by Gasteiger charge is 2.51. The first-order valence-electron chi connectivity index (χ1n) is 2.32. The van der Waals surface area contributed by atoms with E-state index in [9.17, 15) is 17.7 Å². The zero-order valence-electron chi connectivity index (χ0n) is 4.98. The molecule has 0 saturated heterocycles. The first kappa shape index (κ1) is 10.3. The van der Waals surface area contributed by atoms with Gasteiger partial charge in [-0.3, -0.25) is 4.57 Å². The van der Waals surface area contributed by atoms with Gasteiger partial charge in [0.15, 0.2) is 0 Å². The highest BCUT2D eigenvalue weighted by molar-refractivity contribution is 7.86. The summed E-state index contributed by atoms with van der Waals surface area (Å²) in [6.45, 7) is -3.94. The third-order valence-electron chi connectivity index (χ3n) is 0.598. The molecular weight excluding hydrogens is 191 g/mol. The van der Waals surface area contributed by atoms with Gasteiger partial charge in [-0.25, -0.2) is 0 Å². The molecule has 0 fully saturated rings. The fraction of sp³-hybridized carbons (Fsp3) is 1.00. The van der Waals surface area contributed by atoms with Gasteiger partial charge in [-0.2, -0.15) is 13.2 Å². The molecular formula is C3H5ClF3O2P. The molecule has 0 aliphatic heterocycles. The lowest BCUT2D eigenvalue weighted by molar-refractivity contribution is -0.0549. The monoisotopic (exact) mass is 196 g/mol. The molecule has 1 unspecified atom stereocenters. The minimum absolute atomic E-state index is 0.319. The van der Waals surface area contributed by atoms with Crippen molar-refractivity contribution in [1.82, 2.24) is 0 Å². The van der Waals surface area contributed by atoms with Gasteiger partial charge in [-0.1, -0.05) is 0 Å². The number of rotatable bonds is 2. The Morgan fingerprint density at radius 1 is 1.60 bits per heavy atom. The summed E-state index contributed by atoms with van der Waals surface area (Å²) in [5, 5.41) is 0. The van der Waals surface area contributed by atoms with Crippen LogP contribution in [-0.2, 0) is 9.09 Å². The molecule has 0 aliphatic carbocycles. The van der Waals surface area contributed by atoms with Gasteiger partial charge in [-0.15, -0.1) is 0 Å². The molecule has 7 heteroatoms. The van der Waals surface area contributed by atoms with Gasteiger partial charge < -0.3 is 4.52 Å². The molecule has 0 aromatic carbocycles. The second-order valence-corrected chi connectivity index (χ2v) is 4.42. The lowest BCUT2D eigenvalue weighted by Crippen LogP contribution is -2.06. The molecule has 0 N–H and O–H groups in total. The van der Waals surface area contributed by atoms with Crippen LogP contribution in [0, 0.1) is 0 Å². The van der Waals surface area contributed by atoms with Crippen molar-refractivity contribution in [3.63, 3.8) is 0 Å². The largest absolute Gasteiger partial charge is 0.481 e. The third-order valence-corrected chi connectivity index (χ3v) is 2.66. The molecule has 0 aromatic heterocycles. The first-order chi connectivity index (χ1) is 4.31. The zero-order valence-corrected chi connectivity index (χ0v) is 6.63. The molecule has 0 heterocycles. The molecule has 0 rings (SSSR count). The fourth-order valence-electron chi connectivity index (χ4n) is 0.239. The molecule has 0 saturated carbocycles. The van der Waals surface area contributed by atoms with Crippen LogP contribution in [0.3, 0.4) is 0 Å². The summed E-state index contributed by atoms with van der Waals surface area (Å²) in [7, 11) is 0. The third kappa shape index (κ3) is 2.48. The van der Waals surface area contributed by atoms with Crippen LogP contribution in [0.25, 0.3) is 0 Å². The maximum absolute atomic E-state index is 11.5. The van der Waals surface area contributed by atoms with E-state index in [0.717, 1.165) is 0 Å². The maximum Gasteiger partial charge on any atom is 0.481 e. The number of alkyl halides is 3. The van der Waals surface area contributed by atoms with E-state index >= 15 is 0 Å². The molecule has 0 bridgehead atoms. The van der Waals surface area contributed by atoms with Crippen LogP contribution >= 0.6 is 18.0 Å². The maximum atomic E-state index is 11.5. The van der Waals surface area contributed by atoms with Crippen molar-refractivity contribution in [2.75, 3.05) is 6.61 Å². The van der Waals surface area contributed by atoms with Crippen LogP contribution in [0.15, 0.2) is 0 Å². The van der Waals surface area contributed by atoms with Crippen LogP contribution in [0.5, 0.6) is 0 Å². The van der Waals surface area contributed by atoms with Crippen molar-refractivity contribution in [2.24, 2.45) is 0 Å². The Bertz CT molecular complexity index is 156. The van der Waals surface area contributed by atoms with Crippen LogP contribution < -0.4 is 0 Å². The Morgan fingerprint density at radius 3 is 2.10 bits per heavy atom. The van der Waals surface area contributed by atoms with E-state index in [-0.39, 0.29) is 6.61 Å². The molecule has 10 heavy (non-hydrogen) atoms. The smallest absolute Gasteiger partial charge is 0.312 e. The summed E-state index contributed by atoms with van der Waals surface area (Å²) < 4.78 is 48.5. The summed E-state index contributed by atoms with van der Waals surface area (Å²) in [5.41, 5.74) is 0. The lowest BCUT2D eigenvalue weighted by Gasteiger charge is -2.12. The summed E-state index contributed by atoms with van der Waals surface area (Å²) >= 11 is 4.52. The lowest BCUT2D eigenvalue weighted by atomic mass is 10.9. The average Bonchev–Trinajstić information content (AvgIpc) is 1.61. The van der Waals surface area contributed by atoms with Crippen LogP contribution in [-0.4, -0.2) is 12.5 Å². The van der Waals surface area contributed by atoms with Crippen molar-refractivity contribution in [3.8, 4) is 0 Å². The summed E-state index contributed by atoms with van der Waals surface area (Å²) in [6, 6.07) is 0. The fourth-order valence-corrected chi connectivity index (χ4v) is 1.01. The molecule has 0 amide bonds. The van der Waals surface area contributed by atoms with Crippen molar-refractivity contribution in [1.29, 1.82) is 0 Å². The van der Waals surface area contributed by atoms with Crippen LogP contribution in [0.2, 0.25) is 0 Å². The SMILES string of the molecule is CCOP(=O)(Cl)C(F)(F)F. The Kier molecular flexibility index (Phi) is 3.20. The van der Waals surface area contributed by atoms with E-state index in [1.54, 1.807) is 0 Å². The van der Waals surface area contributed by atoms with E-state index in [1.807, 2.05) is 0 Å². The molecule has 0 aliphatic rings. The number of halogens is 4. The second kappa shape index (κ2) is 3.11. The van der Waals surface area contributed by atoms with Crippen molar-refractivity contribution >= 4 is 18.0 Å². The zero-order chi connectivity index (χ0) is 8.41. The van der Waals surface area contributed by atoms with Crippen molar-refractivity contribution in [2.45, 2.75) is 12.8 Å². The van der Waals surface area contributed by atoms with E-state index < -0.39 is 12.6 Å². The predicted molar refractivity (Wildman–Crippen MR) is 31.1 cm³/mol. The van der Waals surface area contributed by atoms with Crippen molar-refractivity contribution in [3.05, 3.63) is 0 Å². The summed E-state index contributed by atoms with van der Waals surface area (Å²) in [4.78, 5) is 0. The topological polar surface area (TPSA) is 26.3 Å². The van der Waals surface area contributed by atoms with E-state index in [1.165, 1.54) is 6.92 Å². The Labute approximate surface area is 60.6 Å². The van der Waals surface area contributed by atoms with Gasteiger partial charge in [0, 0.05) is 0 Å². The summed E-state index contributed by atoms with van der Waals surface area (Å²) in [5.74, 6) is -4.95.